The number of hydrogen-bond donors (Lipinski definition) is 4. The molecule has 0 bridgehead atoms. The maximum absolute atomic E-state index is 10.3. The zero-order valence-electron chi connectivity index (χ0n) is 4.34. The molecule has 7 nitrogen and oxygen atoms in total. The summed E-state index contributed by atoms with van der Waals surface area (Å²) in [6.07, 6.45) is 0. The topological polar surface area (TPSA) is 99.5 Å². The number of hydrazine groups is 4. The molecule has 0 atom stereocenters. The molecular formula is C2H5N5O2. The molecule has 7 heteroatoms. The van der Waals surface area contributed by atoms with Crippen molar-refractivity contribution in [2.24, 2.45) is 5.84 Å². The monoisotopic (exact) mass is 131 g/mol. The Bertz CT molecular complexity index is 155. The van der Waals surface area contributed by atoms with Crippen molar-refractivity contribution < 1.29 is 9.59 Å². The first-order chi connectivity index (χ1) is 4.20. The second-order valence-corrected chi connectivity index (χ2v) is 1.38. The van der Waals surface area contributed by atoms with Crippen LogP contribution in [0.4, 0.5) is 0 Å². The molecule has 1 fully saturated rings. The van der Waals surface area contributed by atoms with Crippen LogP contribution in [0, 0.1) is 0 Å². The van der Waals surface area contributed by atoms with Crippen LogP contribution in [0.15, 0.2) is 0 Å². The number of nitrogens with one attached hydrogen (secondary N) is 3. The Hall–Kier alpha value is -1.18. The minimum atomic E-state index is -0.795. The van der Waals surface area contributed by atoms with Crippen molar-refractivity contribution in [3.63, 3.8) is 0 Å². The van der Waals surface area contributed by atoms with Gasteiger partial charge in [0.25, 0.3) is 0 Å². The largest absolute Gasteiger partial charge is 0.327 e. The Kier molecular flexibility index (Phi) is 1.30. The lowest BCUT2D eigenvalue weighted by Gasteiger charge is -2.22. The second-order valence-electron chi connectivity index (χ2n) is 1.38. The lowest BCUT2D eigenvalue weighted by atomic mass is 10.6. The third-order valence-electron chi connectivity index (χ3n) is 0.718. The van der Waals surface area contributed by atoms with E-state index in [2.05, 4.69) is 5.53 Å². The number of carbonyl (C=O) groups excluding carboxylic acids is 2. The molecule has 0 saturated carbocycles. The van der Waals surface area contributed by atoms with Crippen molar-refractivity contribution in [1.82, 2.24) is 21.6 Å². The number of amides is 2. The molecule has 0 aromatic rings. The molecule has 1 aliphatic rings. The molecule has 1 heterocycles. The Morgan fingerprint density at radius 3 is 2.44 bits per heavy atom. The maximum atomic E-state index is 10.3. The van der Waals surface area contributed by atoms with Crippen LogP contribution in [0.1, 0.15) is 0 Å². The van der Waals surface area contributed by atoms with Gasteiger partial charge in [0, 0.05) is 0 Å². The summed E-state index contributed by atoms with van der Waals surface area (Å²) in [6.45, 7) is 0. The van der Waals surface area contributed by atoms with Gasteiger partial charge in [-0.3, -0.25) is 20.4 Å². The van der Waals surface area contributed by atoms with Crippen molar-refractivity contribution >= 4 is 11.8 Å². The molecule has 0 unspecified atom stereocenters. The fraction of sp³-hybridized carbons (Fsp3) is 0. The van der Waals surface area contributed by atoms with Crippen molar-refractivity contribution in [2.75, 3.05) is 0 Å². The number of rotatable bonds is 0. The summed E-state index contributed by atoms with van der Waals surface area (Å²) < 4.78 is 0. The molecule has 9 heavy (non-hydrogen) atoms. The highest BCUT2D eigenvalue weighted by Crippen LogP contribution is 1.71. The molecule has 0 radical (unpaired) electrons. The lowest BCUT2D eigenvalue weighted by Crippen LogP contribution is -2.69. The van der Waals surface area contributed by atoms with Gasteiger partial charge >= 0.3 is 11.8 Å². The summed E-state index contributed by atoms with van der Waals surface area (Å²) in [5.41, 5.74) is 6.10. The Morgan fingerprint density at radius 2 is 2.00 bits per heavy atom. The van der Waals surface area contributed by atoms with E-state index in [1.807, 2.05) is 10.9 Å². The molecular weight excluding hydrogens is 126 g/mol. The zero-order valence-corrected chi connectivity index (χ0v) is 4.34. The van der Waals surface area contributed by atoms with E-state index < -0.39 is 11.8 Å². The highest BCUT2D eigenvalue weighted by Gasteiger charge is 2.20. The van der Waals surface area contributed by atoms with E-state index in [0.717, 1.165) is 5.23 Å². The molecule has 1 aliphatic heterocycles. The van der Waals surface area contributed by atoms with Gasteiger partial charge in [0.1, 0.15) is 0 Å². The molecule has 0 spiro atoms. The molecule has 5 N–H and O–H groups in total. The van der Waals surface area contributed by atoms with Crippen LogP contribution in [-0.2, 0) is 9.59 Å². The molecule has 0 aromatic heterocycles. The summed E-state index contributed by atoms with van der Waals surface area (Å²) in [4.78, 5) is 20.6. The van der Waals surface area contributed by atoms with Crippen LogP contribution in [-0.4, -0.2) is 17.0 Å². The SMILES string of the molecule is NN1NNC(=O)C(=O)N1. The van der Waals surface area contributed by atoms with Gasteiger partial charge in [0.15, 0.2) is 0 Å². The van der Waals surface area contributed by atoms with E-state index in [1.165, 1.54) is 0 Å². The average molecular weight is 131 g/mol. The van der Waals surface area contributed by atoms with Gasteiger partial charge in [-0.15, -0.1) is 5.53 Å². The van der Waals surface area contributed by atoms with Gasteiger partial charge in [-0.1, -0.05) is 5.23 Å². The van der Waals surface area contributed by atoms with Crippen molar-refractivity contribution in [3.05, 3.63) is 0 Å². The summed E-state index contributed by atoms with van der Waals surface area (Å²) in [5, 5.41) is 0.740. The fourth-order valence-corrected chi connectivity index (χ4v) is 0.356. The number of carbonyl (C=O) groups is 2. The second kappa shape index (κ2) is 1.97. The molecule has 0 aromatic carbocycles. The van der Waals surface area contributed by atoms with Crippen LogP contribution in [0.5, 0.6) is 0 Å². The molecule has 1 rings (SSSR count). The predicted octanol–water partition coefficient (Wildman–Crippen LogP) is -3.26. The smallest absolute Gasteiger partial charge is 0.267 e. The quantitative estimate of drug-likeness (QED) is 0.204. The van der Waals surface area contributed by atoms with E-state index >= 15 is 0 Å². The minimum absolute atomic E-state index is 0.740. The first-order valence-corrected chi connectivity index (χ1v) is 2.11. The van der Waals surface area contributed by atoms with Crippen molar-refractivity contribution in [3.8, 4) is 0 Å². The predicted molar refractivity (Wildman–Crippen MR) is 25.4 cm³/mol. The van der Waals surface area contributed by atoms with E-state index in [9.17, 15) is 9.59 Å². The Morgan fingerprint density at radius 1 is 1.33 bits per heavy atom. The first kappa shape index (κ1) is 5.95. The van der Waals surface area contributed by atoms with E-state index in [-0.39, 0.29) is 0 Å². The maximum Gasteiger partial charge on any atom is 0.327 e. The van der Waals surface area contributed by atoms with Gasteiger partial charge < -0.3 is 0 Å². The number of hydrogen-bond acceptors (Lipinski definition) is 5. The Balaban J connectivity index is 2.54. The third kappa shape index (κ3) is 1.13. The normalized spacial score (nSPS) is 21.0. The standard InChI is InChI=1S/C2H5N5O2/c3-7-5-2(9)1(8)4-6-7/h6H,3H2,(H,4,8)(H,5,9). The Labute approximate surface area is 50.1 Å². The van der Waals surface area contributed by atoms with Gasteiger partial charge in [-0.25, -0.2) is 5.84 Å². The highest BCUT2D eigenvalue weighted by atomic mass is 16.2. The summed E-state index contributed by atoms with van der Waals surface area (Å²) in [6, 6.07) is 0. The highest BCUT2D eigenvalue weighted by molar-refractivity contribution is 6.35. The van der Waals surface area contributed by atoms with E-state index in [4.69, 9.17) is 5.84 Å². The molecule has 1 saturated heterocycles. The minimum Gasteiger partial charge on any atom is -0.267 e. The lowest BCUT2D eigenvalue weighted by molar-refractivity contribution is -0.151. The van der Waals surface area contributed by atoms with Gasteiger partial charge in [0.05, 0.1) is 0 Å². The van der Waals surface area contributed by atoms with Gasteiger partial charge in [-0.05, 0) is 0 Å². The van der Waals surface area contributed by atoms with Crippen LogP contribution in [0.2, 0.25) is 0 Å². The van der Waals surface area contributed by atoms with Crippen LogP contribution in [0.3, 0.4) is 0 Å². The van der Waals surface area contributed by atoms with Crippen LogP contribution in [0.25, 0.3) is 0 Å². The first-order valence-electron chi connectivity index (χ1n) is 2.11. The van der Waals surface area contributed by atoms with E-state index in [0.29, 0.717) is 0 Å². The van der Waals surface area contributed by atoms with Crippen LogP contribution < -0.4 is 22.2 Å². The summed E-state index contributed by atoms with van der Waals surface area (Å²) in [5.74, 6) is 3.40. The zero-order chi connectivity index (χ0) is 6.85. The fourth-order valence-electron chi connectivity index (χ4n) is 0.356. The molecule has 0 aliphatic carbocycles. The summed E-state index contributed by atoms with van der Waals surface area (Å²) in [7, 11) is 0. The third-order valence-corrected chi connectivity index (χ3v) is 0.718. The van der Waals surface area contributed by atoms with Gasteiger partial charge in [0.2, 0.25) is 0 Å². The van der Waals surface area contributed by atoms with Gasteiger partial charge in [-0.2, -0.15) is 0 Å². The molecule has 50 valence electrons. The summed E-state index contributed by atoms with van der Waals surface area (Å²) >= 11 is 0. The van der Waals surface area contributed by atoms with Crippen molar-refractivity contribution in [2.45, 2.75) is 0 Å². The average Bonchev–Trinajstić information content (AvgIpc) is 1.80. The number of nitrogens with zero attached hydrogens (tertiary/aromatic N) is 1. The van der Waals surface area contributed by atoms with Crippen molar-refractivity contribution in [1.29, 1.82) is 0 Å². The van der Waals surface area contributed by atoms with E-state index in [1.54, 1.807) is 0 Å². The number of nitrogens with two attached hydrogens (primary N) is 1. The molecule has 2 amide bonds. The van der Waals surface area contributed by atoms with Crippen LogP contribution >= 0.6 is 0 Å².